The minimum absolute atomic E-state index is 0.651. The Morgan fingerprint density at radius 2 is 0.875 bits per heavy atom. The van der Waals surface area contributed by atoms with Gasteiger partial charge in [0.2, 0.25) is 0 Å². The van der Waals surface area contributed by atoms with Crippen molar-refractivity contribution >= 4 is 43.6 Å². The van der Waals surface area contributed by atoms with Gasteiger partial charge in [-0.3, -0.25) is 0 Å². The van der Waals surface area contributed by atoms with Crippen molar-refractivity contribution in [1.82, 2.24) is 9.13 Å². The van der Waals surface area contributed by atoms with Crippen LogP contribution in [-0.4, -0.2) is 9.13 Å². The van der Waals surface area contributed by atoms with E-state index in [1.165, 1.54) is 21.5 Å². The number of hydrogen-bond donors (Lipinski definition) is 0. The molecule has 0 unspecified atom stereocenters. The van der Waals surface area contributed by atoms with Crippen molar-refractivity contribution in [1.29, 1.82) is 5.26 Å². The lowest BCUT2D eigenvalue weighted by Gasteiger charge is -2.16. The fourth-order valence-corrected chi connectivity index (χ4v) is 6.27. The van der Waals surface area contributed by atoms with Crippen molar-refractivity contribution in [2.75, 3.05) is 0 Å². The van der Waals surface area contributed by atoms with Crippen LogP contribution in [0, 0.1) is 11.3 Å². The van der Waals surface area contributed by atoms with Gasteiger partial charge in [-0.15, -0.1) is 0 Å². The lowest BCUT2D eigenvalue weighted by molar-refractivity contribution is 1.17. The third-order valence-electron chi connectivity index (χ3n) is 7.98. The molecule has 0 aliphatic rings. The van der Waals surface area contributed by atoms with Crippen molar-refractivity contribution in [3.8, 4) is 28.6 Å². The van der Waals surface area contributed by atoms with E-state index in [9.17, 15) is 5.26 Å². The monoisotopic (exact) mass is 509 g/mol. The van der Waals surface area contributed by atoms with Gasteiger partial charge in [-0.05, 0) is 48.5 Å². The Morgan fingerprint density at radius 1 is 0.425 bits per heavy atom. The Kier molecular flexibility index (Phi) is 4.89. The number of para-hydroxylation sites is 5. The van der Waals surface area contributed by atoms with Crippen molar-refractivity contribution in [2.45, 2.75) is 0 Å². The summed E-state index contributed by atoms with van der Waals surface area (Å²) in [5, 5.41) is 15.1. The SMILES string of the molecule is N#Cc1ccc(-n2c3ccccc3c3ccccc32)cc1-c1ccccc1-n1c2ccccc2c2ccccc21. The molecule has 0 bridgehead atoms. The van der Waals surface area contributed by atoms with Crippen LogP contribution in [0.2, 0.25) is 0 Å². The van der Waals surface area contributed by atoms with Crippen LogP contribution in [0.1, 0.15) is 5.56 Å². The molecule has 0 amide bonds. The van der Waals surface area contributed by atoms with E-state index in [0.717, 1.165) is 44.6 Å². The lowest BCUT2D eigenvalue weighted by atomic mass is 9.97. The lowest BCUT2D eigenvalue weighted by Crippen LogP contribution is -2.00. The summed E-state index contributed by atoms with van der Waals surface area (Å²) in [6.07, 6.45) is 0. The standard InChI is InChI=1S/C37H23N3/c38-24-25-21-22-26(39-33-16-6-1-11-27(33)28-12-2-7-17-34(28)39)23-32(25)31-15-5-10-20-37(31)40-35-18-8-3-13-29(35)30-14-4-9-19-36(30)40/h1-23H. The number of benzene rings is 6. The molecule has 0 atom stereocenters. The second kappa shape index (κ2) is 8.73. The Morgan fingerprint density at radius 3 is 1.40 bits per heavy atom. The second-order valence-electron chi connectivity index (χ2n) is 10.1. The van der Waals surface area contributed by atoms with Crippen LogP contribution in [0.25, 0.3) is 66.1 Å². The summed E-state index contributed by atoms with van der Waals surface area (Å²) < 4.78 is 4.63. The highest BCUT2D eigenvalue weighted by Crippen LogP contribution is 2.39. The second-order valence-corrected chi connectivity index (χ2v) is 10.1. The Bertz CT molecular complexity index is 2180. The van der Waals surface area contributed by atoms with Crippen LogP contribution in [0.15, 0.2) is 140 Å². The molecule has 3 nitrogen and oxygen atoms in total. The number of nitrogens with zero attached hydrogens (tertiary/aromatic N) is 3. The summed E-state index contributed by atoms with van der Waals surface area (Å²) >= 11 is 0. The summed E-state index contributed by atoms with van der Waals surface area (Å²) in [5.41, 5.74) is 9.26. The Labute approximate surface area is 231 Å². The first-order valence-corrected chi connectivity index (χ1v) is 13.4. The van der Waals surface area contributed by atoms with E-state index < -0.39 is 0 Å². The van der Waals surface area contributed by atoms with Gasteiger partial charge >= 0.3 is 0 Å². The summed E-state index contributed by atoms with van der Waals surface area (Å²) in [5.74, 6) is 0. The van der Waals surface area contributed by atoms with Gasteiger partial charge in [-0.1, -0.05) is 91.0 Å². The normalized spacial score (nSPS) is 11.5. The molecule has 0 spiro atoms. The van der Waals surface area contributed by atoms with E-state index in [0.29, 0.717) is 5.56 Å². The van der Waals surface area contributed by atoms with Crippen LogP contribution in [0.4, 0.5) is 0 Å². The largest absolute Gasteiger partial charge is 0.309 e. The molecule has 186 valence electrons. The minimum atomic E-state index is 0.651. The highest BCUT2D eigenvalue weighted by molar-refractivity contribution is 6.10. The molecule has 8 rings (SSSR count). The molecule has 0 N–H and O–H groups in total. The molecule has 6 aromatic carbocycles. The summed E-state index contributed by atoms with van der Waals surface area (Å²) in [6, 6.07) is 51.2. The van der Waals surface area contributed by atoms with Crippen molar-refractivity contribution < 1.29 is 0 Å². The van der Waals surface area contributed by atoms with E-state index in [1.54, 1.807) is 0 Å². The molecule has 3 heteroatoms. The summed E-state index contributed by atoms with van der Waals surface area (Å²) in [6.45, 7) is 0. The minimum Gasteiger partial charge on any atom is -0.309 e. The maximum Gasteiger partial charge on any atom is 0.0998 e. The highest BCUT2D eigenvalue weighted by Gasteiger charge is 2.18. The van der Waals surface area contributed by atoms with Gasteiger partial charge in [0.1, 0.15) is 0 Å². The predicted molar refractivity (Wildman–Crippen MR) is 165 cm³/mol. The summed E-state index contributed by atoms with van der Waals surface area (Å²) in [4.78, 5) is 0. The van der Waals surface area contributed by atoms with Crippen molar-refractivity contribution in [2.24, 2.45) is 0 Å². The molecule has 2 heterocycles. The van der Waals surface area contributed by atoms with E-state index in [2.05, 4.69) is 149 Å². The molecule has 8 aromatic rings. The molecule has 0 radical (unpaired) electrons. The van der Waals surface area contributed by atoms with Crippen molar-refractivity contribution in [3.63, 3.8) is 0 Å². The average Bonchev–Trinajstić information content (AvgIpc) is 3.54. The number of hydrogen-bond acceptors (Lipinski definition) is 1. The number of aromatic nitrogens is 2. The van der Waals surface area contributed by atoms with Crippen LogP contribution < -0.4 is 0 Å². The van der Waals surface area contributed by atoms with Gasteiger partial charge < -0.3 is 9.13 Å². The Hall–Kier alpha value is -5.59. The van der Waals surface area contributed by atoms with Gasteiger partial charge in [-0.2, -0.15) is 5.26 Å². The van der Waals surface area contributed by atoms with Crippen LogP contribution in [-0.2, 0) is 0 Å². The highest BCUT2D eigenvalue weighted by atomic mass is 15.0. The smallest absolute Gasteiger partial charge is 0.0998 e. The maximum atomic E-state index is 10.2. The van der Waals surface area contributed by atoms with Crippen LogP contribution >= 0.6 is 0 Å². The number of fused-ring (bicyclic) bond motifs is 6. The van der Waals surface area contributed by atoms with E-state index in [1.807, 2.05) is 6.07 Å². The first-order valence-electron chi connectivity index (χ1n) is 13.4. The zero-order chi connectivity index (χ0) is 26.6. The van der Waals surface area contributed by atoms with Gasteiger partial charge in [-0.25, -0.2) is 0 Å². The molecule has 0 fully saturated rings. The number of rotatable bonds is 3. The summed E-state index contributed by atoms with van der Waals surface area (Å²) in [7, 11) is 0. The van der Waals surface area contributed by atoms with E-state index in [-0.39, 0.29) is 0 Å². The fourth-order valence-electron chi connectivity index (χ4n) is 6.27. The maximum absolute atomic E-state index is 10.2. The fraction of sp³-hybridized carbons (Fsp3) is 0. The van der Waals surface area contributed by atoms with Gasteiger partial charge in [0.05, 0.1) is 39.4 Å². The molecule has 0 aliphatic heterocycles. The first kappa shape index (κ1) is 22.4. The zero-order valence-electron chi connectivity index (χ0n) is 21.6. The molecule has 0 saturated heterocycles. The Balaban J connectivity index is 1.43. The molecule has 40 heavy (non-hydrogen) atoms. The van der Waals surface area contributed by atoms with Crippen LogP contribution in [0.3, 0.4) is 0 Å². The molecule has 2 aromatic heterocycles. The molecular weight excluding hydrogens is 486 g/mol. The molecule has 0 aliphatic carbocycles. The quantitative estimate of drug-likeness (QED) is 0.233. The van der Waals surface area contributed by atoms with E-state index >= 15 is 0 Å². The van der Waals surface area contributed by atoms with Gasteiger partial charge in [0, 0.05) is 38.4 Å². The van der Waals surface area contributed by atoms with Gasteiger partial charge in [0.25, 0.3) is 0 Å². The topological polar surface area (TPSA) is 33.6 Å². The zero-order valence-corrected chi connectivity index (χ0v) is 21.6. The van der Waals surface area contributed by atoms with Crippen LogP contribution in [0.5, 0.6) is 0 Å². The van der Waals surface area contributed by atoms with E-state index in [4.69, 9.17) is 0 Å². The number of nitriles is 1. The van der Waals surface area contributed by atoms with Gasteiger partial charge in [0.15, 0.2) is 0 Å². The first-order chi connectivity index (χ1) is 19.8. The third-order valence-corrected chi connectivity index (χ3v) is 7.98. The molecular formula is C37H23N3. The van der Waals surface area contributed by atoms with Crippen molar-refractivity contribution in [3.05, 3.63) is 145 Å². The predicted octanol–water partition coefficient (Wildman–Crippen LogP) is 9.42. The molecule has 0 saturated carbocycles. The third kappa shape index (κ3) is 3.17. The average molecular weight is 510 g/mol.